The van der Waals surface area contributed by atoms with Crippen LogP contribution in [0, 0.1) is 0 Å². The minimum atomic E-state index is 0.690. The molecule has 0 heterocycles. The SMILES string of the molecule is O=CNSC1CCCC1. The fourth-order valence-electron chi connectivity index (χ4n) is 1.13. The molecule has 52 valence electrons. The second-order valence-electron chi connectivity index (χ2n) is 2.26. The van der Waals surface area contributed by atoms with Crippen LogP contribution in [-0.4, -0.2) is 11.7 Å². The Morgan fingerprint density at radius 3 is 2.67 bits per heavy atom. The van der Waals surface area contributed by atoms with Gasteiger partial charge in [-0.3, -0.25) is 4.79 Å². The first-order chi connectivity index (χ1) is 4.43. The van der Waals surface area contributed by atoms with Crippen LogP contribution in [0.25, 0.3) is 0 Å². The fourth-order valence-corrected chi connectivity index (χ4v) is 1.95. The molecule has 0 aromatic rings. The second kappa shape index (κ2) is 3.77. The maximum absolute atomic E-state index is 9.83. The minimum absolute atomic E-state index is 0.690. The van der Waals surface area contributed by atoms with E-state index in [0.29, 0.717) is 5.25 Å². The van der Waals surface area contributed by atoms with Gasteiger partial charge in [0.25, 0.3) is 0 Å². The molecule has 0 unspecified atom stereocenters. The molecule has 2 nitrogen and oxygen atoms in total. The summed E-state index contributed by atoms with van der Waals surface area (Å²) in [6.07, 6.45) is 5.95. The molecule has 0 aliphatic heterocycles. The van der Waals surface area contributed by atoms with Gasteiger partial charge in [-0.15, -0.1) is 0 Å². The van der Waals surface area contributed by atoms with Gasteiger partial charge in [-0.2, -0.15) is 0 Å². The van der Waals surface area contributed by atoms with Crippen molar-refractivity contribution < 1.29 is 4.79 Å². The molecule has 0 atom stereocenters. The van der Waals surface area contributed by atoms with E-state index in [2.05, 4.69) is 4.72 Å². The molecule has 1 aliphatic carbocycles. The van der Waals surface area contributed by atoms with Crippen molar-refractivity contribution in [2.45, 2.75) is 30.9 Å². The molecular formula is C6H11NOS. The molecule has 0 saturated heterocycles. The summed E-state index contributed by atoms with van der Waals surface area (Å²) in [6.45, 7) is 0. The first-order valence-corrected chi connectivity index (χ1v) is 4.16. The van der Waals surface area contributed by atoms with Gasteiger partial charge in [-0.1, -0.05) is 12.8 Å². The molecular weight excluding hydrogens is 134 g/mol. The summed E-state index contributed by atoms with van der Waals surface area (Å²) in [7, 11) is 0. The van der Waals surface area contributed by atoms with Gasteiger partial charge in [-0.25, -0.2) is 0 Å². The molecule has 1 amide bonds. The molecule has 0 radical (unpaired) electrons. The monoisotopic (exact) mass is 145 g/mol. The van der Waals surface area contributed by atoms with Crippen LogP contribution < -0.4 is 4.72 Å². The van der Waals surface area contributed by atoms with Crippen molar-refractivity contribution in [3.8, 4) is 0 Å². The zero-order valence-electron chi connectivity index (χ0n) is 5.30. The van der Waals surface area contributed by atoms with E-state index < -0.39 is 0 Å². The molecule has 9 heavy (non-hydrogen) atoms. The molecule has 1 saturated carbocycles. The van der Waals surface area contributed by atoms with Crippen LogP contribution in [0.5, 0.6) is 0 Å². The molecule has 0 aromatic carbocycles. The van der Waals surface area contributed by atoms with Crippen molar-refractivity contribution >= 4 is 18.4 Å². The molecule has 1 aliphatic rings. The van der Waals surface area contributed by atoms with Crippen LogP contribution in [-0.2, 0) is 4.79 Å². The maximum atomic E-state index is 9.83. The van der Waals surface area contributed by atoms with Gasteiger partial charge in [0.05, 0.1) is 0 Å². The van der Waals surface area contributed by atoms with Crippen LogP contribution in [0.15, 0.2) is 0 Å². The van der Waals surface area contributed by atoms with Gasteiger partial charge in [0.15, 0.2) is 0 Å². The molecule has 1 N–H and O–H groups in total. The Morgan fingerprint density at radius 2 is 2.11 bits per heavy atom. The number of rotatable bonds is 3. The van der Waals surface area contributed by atoms with Crippen molar-refractivity contribution in [1.29, 1.82) is 0 Å². The van der Waals surface area contributed by atoms with E-state index in [-0.39, 0.29) is 0 Å². The Morgan fingerprint density at radius 1 is 1.44 bits per heavy atom. The second-order valence-corrected chi connectivity index (χ2v) is 3.40. The average molecular weight is 145 g/mol. The van der Waals surface area contributed by atoms with Crippen LogP contribution >= 0.6 is 11.9 Å². The van der Waals surface area contributed by atoms with Crippen molar-refractivity contribution in [3.63, 3.8) is 0 Å². The molecule has 3 heteroatoms. The number of nitrogens with one attached hydrogen (secondary N) is 1. The number of carbonyl (C=O) groups excluding carboxylic acids is 1. The predicted octanol–water partition coefficient (Wildman–Crippen LogP) is 1.32. The zero-order valence-corrected chi connectivity index (χ0v) is 6.12. The Bertz CT molecular complexity index is 91.1. The third kappa shape index (κ3) is 2.26. The van der Waals surface area contributed by atoms with Gasteiger partial charge in [-0.05, 0) is 24.8 Å². The van der Waals surface area contributed by atoms with E-state index in [1.54, 1.807) is 11.9 Å². The lowest BCUT2D eigenvalue weighted by atomic mass is 10.4. The zero-order chi connectivity index (χ0) is 6.53. The molecule has 0 spiro atoms. The van der Waals surface area contributed by atoms with Crippen LogP contribution in [0.2, 0.25) is 0 Å². The van der Waals surface area contributed by atoms with Crippen LogP contribution in [0.3, 0.4) is 0 Å². The smallest absolute Gasteiger partial charge is 0.216 e. The summed E-state index contributed by atoms with van der Waals surface area (Å²) in [5, 5.41) is 0.690. The third-order valence-electron chi connectivity index (χ3n) is 1.59. The number of hydrogen-bond acceptors (Lipinski definition) is 2. The summed E-state index contributed by atoms with van der Waals surface area (Å²) < 4.78 is 2.63. The van der Waals surface area contributed by atoms with E-state index in [4.69, 9.17) is 0 Å². The van der Waals surface area contributed by atoms with Crippen molar-refractivity contribution in [1.82, 2.24) is 4.72 Å². The highest BCUT2D eigenvalue weighted by atomic mass is 32.2. The minimum Gasteiger partial charge on any atom is -0.303 e. The van der Waals surface area contributed by atoms with Crippen molar-refractivity contribution in [2.24, 2.45) is 0 Å². The fraction of sp³-hybridized carbons (Fsp3) is 0.833. The lowest BCUT2D eigenvalue weighted by Gasteiger charge is -2.03. The summed E-state index contributed by atoms with van der Waals surface area (Å²) >= 11 is 1.57. The molecule has 0 bridgehead atoms. The lowest BCUT2D eigenvalue weighted by Crippen LogP contribution is -2.06. The maximum Gasteiger partial charge on any atom is 0.216 e. The van der Waals surface area contributed by atoms with Gasteiger partial charge < -0.3 is 4.72 Å². The van der Waals surface area contributed by atoms with Gasteiger partial charge in [0, 0.05) is 5.25 Å². The Kier molecular flexibility index (Phi) is 2.91. The highest BCUT2D eigenvalue weighted by molar-refractivity contribution is 7.98. The largest absolute Gasteiger partial charge is 0.303 e. The molecule has 1 fully saturated rings. The quantitative estimate of drug-likeness (QED) is 0.479. The molecule has 1 rings (SSSR count). The van der Waals surface area contributed by atoms with E-state index in [1.807, 2.05) is 0 Å². The highest BCUT2D eigenvalue weighted by Gasteiger charge is 2.14. The normalized spacial score (nSPS) is 20.0. The highest BCUT2D eigenvalue weighted by Crippen LogP contribution is 2.26. The Balaban J connectivity index is 2.04. The Hall–Kier alpha value is -0.180. The Labute approximate surface area is 59.5 Å². The van der Waals surface area contributed by atoms with E-state index >= 15 is 0 Å². The van der Waals surface area contributed by atoms with Gasteiger partial charge in [0.1, 0.15) is 0 Å². The predicted molar refractivity (Wildman–Crippen MR) is 39.0 cm³/mol. The summed E-state index contributed by atoms with van der Waals surface area (Å²) in [6, 6.07) is 0. The van der Waals surface area contributed by atoms with Gasteiger partial charge >= 0.3 is 0 Å². The van der Waals surface area contributed by atoms with Gasteiger partial charge in [0.2, 0.25) is 6.41 Å². The summed E-state index contributed by atoms with van der Waals surface area (Å²) in [4.78, 5) is 9.83. The van der Waals surface area contributed by atoms with Crippen molar-refractivity contribution in [3.05, 3.63) is 0 Å². The van der Waals surface area contributed by atoms with E-state index in [9.17, 15) is 4.79 Å². The first-order valence-electron chi connectivity index (χ1n) is 3.28. The standard InChI is InChI=1S/C6H11NOS/c8-5-7-9-6-3-1-2-4-6/h5-6H,1-4H2,(H,7,8). The topological polar surface area (TPSA) is 29.1 Å². The lowest BCUT2D eigenvalue weighted by molar-refractivity contribution is -0.107. The number of carbonyl (C=O) groups is 1. The van der Waals surface area contributed by atoms with Crippen molar-refractivity contribution in [2.75, 3.05) is 0 Å². The van der Waals surface area contributed by atoms with Crippen LogP contribution in [0.1, 0.15) is 25.7 Å². The van der Waals surface area contributed by atoms with E-state index in [1.165, 1.54) is 25.7 Å². The molecule has 0 aromatic heterocycles. The number of hydrogen-bond donors (Lipinski definition) is 1. The van der Waals surface area contributed by atoms with Crippen LogP contribution in [0.4, 0.5) is 0 Å². The first kappa shape index (κ1) is 6.93. The summed E-state index contributed by atoms with van der Waals surface area (Å²) in [5.41, 5.74) is 0. The third-order valence-corrected chi connectivity index (χ3v) is 2.62. The number of amides is 1. The average Bonchev–Trinajstić information content (AvgIpc) is 2.34. The van der Waals surface area contributed by atoms with E-state index in [0.717, 1.165) is 6.41 Å². The summed E-state index contributed by atoms with van der Waals surface area (Å²) in [5.74, 6) is 0.